The number of nitrogens with one attached hydrogen (secondary N) is 1. The summed E-state index contributed by atoms with van der Waals surface area (Å²) in [4.78, 5) is 3.18. The Labute approximate surface area is 157 Å². The van der Waals surface area contributed by atoms with Gasteiger partial charge in [-0.1, -0.05) is 29.8 Å². The van der Waals surface area contributed by atoms with Crippen molar-refractivity contribution in [3.05, 3.63) is 51.9 Å². The summed E-state index contributed by atoms with van der Waals surface area (Å²) >= 11 is 7.65. The molecule has 0 spiro atoms. The smallest absolute Gasteiger partial charge is 0.250 e. The van der Waals surface area contributed by atoms with E-state index in [4.69, 9.17) is 16.3 Å². The Bertz CT molecular complexity index is 817. The van der Waals surface area contributed by atoms with E-state index in [2.05, 4.69) is 9.62 Å². The van der Waals surface area contributed by atoms with Gasteiger partial charge in [0.25, 0.3) is 0 Å². The van der Waals surface area contributed by atoms with E-state index in [9.17, 15) is 8.42 Å². The highest BCUT2D eigenvalue weighted by Crippen LogP contribution is 2.28. The standard InChI is InChI=1S/C17H21ClN2O3S2/c1-13-6-7-17(24-13)25(21,22)19-12-16(20-8-10-23-11-9-20)14-4-2-3-5-15(14)18/h2-7,16,19H,8-12H2,1H3. The summed E-state index contributed by atoms with van der Waals surface area (Å²) in [5, 5.41) is 0.644. The van der Waals surface area contributed by atoms with Crippen LogP contribution < -0.4 is 4.72 Å². The van der Waals surface area contributed by atoms with Gasteiger partial charge in [-0.2, -0.15) is 0 Å². The van der Waals surface area contributed by atoms with Gasteiger partial charge in [0.05, 0.1) is 13.2 Å². The van der Waals surface area contributed by atoms with Crippen molar-refractivity contribution < 1.29 is 13.2 Å². The lowest BCUT2D eigenvalue weighted by atomic mass is 10.0. The second-order valence-electron chi connectivity index (χ2n) is 5.90. The first kappa shape index (κ1) is 18.8. The average molecular weight is 401 g/mol. The first-order valence-electron chi connectivity index (χ1n) is 8.10. The van der Waals surface area contributed by atoms with Crippen molar-refractivity contribution in [1.82, 2.24) is 9.62 Å². The maximum atomic E-state index is 12.6. The molecule has 25 heavy (non-hydrogen) atoms. The molecule has 1 N–H and O–H groups in total. The fraction of sp³-hybridized carbons (Fsp3) is 0.412. The average Bonchev–Trinajstić information content (AvgIpc) is 3.05. The number of benzene rings is 1. The van der Waals surface area contributed by atoms with Gasteiger partial charge in [-0.25, -0.2) is 13.1 Å². The van der Waals surface area contributed by atoms with Crippen LogP contribution in [0.25, 0.3) is 0 Å². The summed E-state index contributed by atoms with van der Waals surface area (Å²) in [6, 6.07) is 10.9. The molecule has 1 aromatic heterocycles. The highest BCUT2D eigenvalue weighted by atomic mass is 35.5. The molecule has 1 fully saturated rings. The highest BCUT2D eigenvalue weighted by Gasteiger charge is 2.26. The highest BCUT2D eigenvalue weighted by molar-refractivity contribution is 7.91. The van der Waals surface area contributed by atoms with Crippen LogP contribution >= 0.6 is 22.9 Å². The van der Waals surface area contributed by atoms with E-state index >= 15 is 0 Å². The Morgan fingerprint density at radius 3 is 2.60 bits per heavy atom. The number of ether oxygens (including phenoxy) is 1. The summed E-state index contributed by atoms with van der Waals surface area (Å²) in [7, 11) is -3.53. The Kier molecular flexibility index (Phi) is 6.14. The molecule has 1 aliphatic rings. The summed E-state index contributed by atoms with van der Waals surface area (Å²) in [5.41, 5.74) is 0.927. The van der Waals surface area contributed by atoms with Gasteiger partial charge in [-0.05, 0) is 30.7 Å². The Morgan fingerprint density at radius 2 is 1.96 bits per heavy atom. The molecule has 1 saturated heterocycles. The molecule has 1 unspecified atom stereocenters. The molecule has 0 aliphatic carbocycles. The maximum Gasteiger partial charge on any atom is 0.250 e. The lowest BCUT2D eigenvalue weighted by molar-refractivity contribution is 0.0172. The van der Waals surface area contributed by atoms with Crippen LogP contribution in [0.15, 0.2) is 40.6 Å². The fourth-order valence-corrected chi connectivity index (χ4v) is 5.51. The Balaban J connectivity index is 1.81. The fourth-order valence-electron chi connectivity index (χ4n) is 2.89. The third kappa shape index (κ3) is 4.61. The van der Waals surface area contributed by atoms with Crippen molar-refractivity contribution in [3.63, 3.8) is 0 Å². The molecular formula is C17H21ClN2O3S2. The van der Waals surface area contributed by atoms with Crippen LogP contribution in [-0.4, -0.2) is 46.2 Å². The number of halogens is 1. The van der Waals surface area contributed by atoms with Gasteiger partial charge in [0.1, 0.15) is 4.21 Å². The molecule has 1 atom stereocenters. The molecule has 3 rings (SSSR count). The minimum atomic E-state index is -3.53. The predicted molar refractivity (Wildman–Crippen MR) is 101 cm³/mol. The number of hydrogen-bond acceptors (Lipinski definition) is 5. The summed E-state index contributed by atoms with van der Waals surface area (Å²) in [6.07, 6.45) is 0. The van der Waals surface area contributed by atoms with Crippen molar-refractivity contribution in [1.29, 1.82) is 0 Å². The van der Waals surface area contributed by atoms with E-state index < -0.39 is 10.0 Å². The van der Waals surface area contributed by atoms with Gasteiger partial charge in [0, 0.05) is 35.6 Å². The largest absolute Gasteiger partial charge is 0.379 e. The van der Waals surface area contributed by atoms with Crippen LogP contribution in [0.3, 0.4) is 0 Å². The minimum absolute atomic E-state index is 0.131. The lowest BCUT2D eigenvalue weighted by Crippen LogP contribution is -2.43. The van der Waals surface area contributed by atoms with Gasteiger partial charge in [0.2, 0.25) is 10.0 Å². The van der Waals surface area contributed by atoms with Crippen LogP contribution in [-0.2, 0) is 14.8 Å². The number of aryl methyl sites for hydroxylation is 1. The van der Waals surface area contributed by atoms with Crippen LogP contribution in [0, 0.1) is 6.92 Å². The Hall–Kier alpha value is -0.960. The molecule has 1 aliphatic heterocycles. The van der Waals surface area contributed by atoms with Crippen LogP contribution in [0.2, 0.25) is 5.02 Å². The molecule has 2 aromatic rings. The number of thiophene rings is 1. The molecule has 0 radical (unpaired) electrons. The monoisotopic (exact) mass is 400 g/mol. The predicted octanol–water partition coefficient (Wildman–Crippen LogP) is 3.06. The third-order valence-electron chi connectivity index (χ3n) is 4.20. The third-order valence-corrected chi connectivity index (χ3v) is 7.46. The number of morpholine rings is 1. The zero-order valence-electron chi connectivity index (χ0n) is 13.9. The molecule has 8 heteroatoms. The van der Waals surface area contributed by atoms with Gasteiger partial charge in [0.15, 0.2) is 0 Å². The Morgan fingerprint density at radius 1 is 1.24 bits per heavy atom. The molecular weight excluding hydrogens is 380 g/mol. The molecule has 136 valence electrons. The van der Waals surface area contributed by atoms with Gasteiger partial charge in [-0.3, -0.25) is 4.90 Å². The van der Waals surface area contributed by atoms with Crippen LogP contribution in [0.5, 0.6) is 0 Å². The van der Waals surface area contributed by atoms with E-state index in [0.29, 0.717) is 22.4 Å². The number of rotatable bonds is 6. The van der Waals surface area contributed by atoms with E-state index in [0.717, 1.165) is 23.5 Å². The second-order valence-corrected chi connectivity index (χ2v) is 9.59. The molecule has 1 aromatic carbocycles. The van der Waals surface area contributed by atoms with E-state index in [1.807, 2.05) is 37.3 Å². The molecule has 5 nitrogen and oxygen atoms in total. The van der Waals surface area contributed by atoms with Gasteiger partial charge >= 0.3 is 0 Å². The van der Waals surface area contributed by atoms with Crippen molar-refractivity contribution >= 4 is 33.0 Å². The normalized spacial score (nSPS) is 17.5. The molecule has 0 bridgehead atoms. The van der Waals surface area contributed by atoms with Crippen molar-refractivity contribution in [2.75, 3.05) is 32.8 Å². The lowest BCUT2D eigenvalue weighted by Gasteiger charge is -2.35. The van der Waals surface area contributed by atoms with Crippen LogP contribution in [0.1, 0.15) is 16.5 Å². The van der Waals surface area contributed by atoms with Crippen molar-refractivity contribution in [2.24, 2.45) is 0 Å². The minimum Gasteiger partial charge on any atom is -0.379 e. The van der Waals surface area contributed by atoms with Gasteiger partial charge in [-0.15, -0.1) is 11.3 Å². The SMILES string of the molecule is Cc1ccc(S(=O)(=O)NCC(c2ccccc2Cl)N2CCOCC2)s1. The molecule has 2 heterocycles. The maximum absolute atomic E-state index is 12.6. The number of nitrogens with zero attached hydrogens (tertiary/aromatic N) is 1. The van der Waals surface area contributed by atoms with E-state index in [-0.39, 0.29) is 12.6 Å². The van der Waals surface area contributed by atoms with Crippen molar-refractivity contribution in [3.8, 4) is 0 Å². The van der Waals surface area contributed by atoms with Gasteiger partial charge < -0.3 is 4.74 Å². The van der Waals surface area contributed by atoms with E-state index in [1.165, 1.54) is 11.3 Å². The summed E-state index contributed by atoms with van der Waals surface area (Å²) < 4.78 is 33.7. The first-order valence-corrected chi connectivity index (χ1v) is 10.8. The topological polar surface area (TPSA) is 58.6 Å². The van der Waals surface area contributed by atoms with Crippen molar-refractivity contribution in [2.45, 2.75) is 17.2 Å². The van der Waals surface area contributed by atoms with Crippen LogP contribution in [0.4, 0.5) is 0 Å². The molecule has 0 amide bonds. The second kappa shape index (κ2) is 8.16. The number of hydrogen-bond donors (Lipinski definition) is 1. The quantitative estimate of drug-likeness (QED) is 0.809. The zero-order valence-corrected chi connectivity index (χ0v) is 16.3. The summed E-state index contributed by atoms with van der Waals surface area (Å²) in [6.45, 7) is 4.92. The number of sulfonamides is 1. The first-order chi connectivity index (χ1) is 12.0. The summed E-state index contributed by atoms with van der Waals surface area (Å²) in [5.74, 6) is 0. The molecule has 0 saturated carbocycles. The zero-order chi connectivity index (χ0) is 17.9. The van der Waals surface area contributed by atoms with E-state index in [1.54, 1.807) is 6.07 Å².